The third-order valence-corrected chi connectivity index (χ3v) is 9.14. The quantitative estimate of drug-likeness (QED) is 0.352. The molecule has 41 heavy (non-hydrogen) atoms. The first-order chi connectivity index (χ1) is 19.8. The van der Waals surface area contributed by atoms with Crippen LogP contribution in [0.4, 0.5) is 4.39 Å². The second kappa shape index (κ2) is 12.8. The first-order valence-corrected chi connectivity index (χ1v) is 14.7. The van der Waals surface area contributed by atoms with E-state index in [-0.39, 0.29) is 60.7 Å². The van der Waals surface area contributed by atoms with Crippen molar-refractivity contribution in [3.8, 4) is 11.5 Å². The van der Waals surface area contributed by atoms with Crippen LogP contribution in [0, 0.1) is 17.7 Å². The molecule has 0 spiro atoms. The van der Waals surface area contributed by atoms with Crippen LogP contribution in [0.2, 0.25) is 5.02 Å². The van der Waals surface area contributed by atoms with Crippen LogP contribution in [-0.4, -0.2) is 59.5 Å². The summed E-state index contributed by atoms with van der Waals surface area (Å²) in [6, 6.07) is 8.87. The van der Waals surface area contributed by atoms with Crippen LogP contribution >= 0.6 is 11.6 Å². The van der Waals surface area contributed by atoms with E-state index in [1.165, 1.54) is 11.0 Å². The lowest BCUT2D eigenvalue weighted by molar-refractivity contribution is -0.145. The van der Waals surface area contributed by atoms with Crippen molar-refractivity contribution in [3.05, 3.63) is 57.9 Å². The van der Waals surface area contributed by atoms with Crippen LogP contribution in [0.3, 0.4) is 0 Å². The molecular formula is C31H36ClFN2O6. The zero-order valence-electron chi connectivity index (χ0n) is 23.2. The van der Waals surface area contributed by atoms with E-state index >= 15 is 0 Å². The Morgan fingerprint density at radius 1 is 1.07 bits per heavy atom. The lowest BCUT2D eigenvalue weighted by Gasteiger charge is -2.37. The van der Waals surface area contributed by atoms with Crippen molar-refractivity contribution in [1.29, 1.82) is 0 Å². The number of likely N-dealkylation sites (tertiary alicyclic amines) is 1. The van der Waals surface area contributed by atoms with E-state index < -0.39 is 11.8 Å². The number of hydrogen-bond donors (Lipinski definition) is 1. The number of hydrogen-bond acceptors (Lipinski definition) is 6. The van der Waals surface area contributed by atoms with Crippen LogP contribution < -0.4 is 9.47 Å². The number of carboxylic acids is 1. The van der Waals surface area contributed by atoms with Gasteiger partial charge in [-0.15, -0.1) is 0 Å². The molecule has 0 aromatic heterocycles. The Kier molecular flexibility index (Phi) is 9.14. The van der Waals surface area contributed by atoms with Gasteiger partial charge in [-0.1, -0.05) is 36.6 Å². The second-order valence-corrected chi connectivity index (χ2v) is 11.6. The highest BCUT2D eigenvalue weighted by Crippen LogP contribution is 2.43. The highest BCUT2D eigenvalue weighted by molar-refractivity contribution is 6.31. The number of carbonyl (C=O) groups excluding carboxylic acids is 2. The maximum absolute atomic E-state index is 14.2. The van der Waals surface area contributed by atoms with Gasteiger partial charge in [-0.3, -0.25) is 24.2 Å². The number of imide groups is 1. The molecular weight excluding hydrogens is 551 g/mol. The summed E-state index contributed by atoms with van der Waals surface area (Å²) in [5.74, 6) is -0.858. The number of nitrogens with zero attached hydrogens (tertiary/aromatic N) is 2. The molecule has 8 nitrogen and oxygen atoms in total. The number of rotatable bonds is 11. The lowest BCUT2D eigenvalue weighted by atomic mass is 9.78. The molecule has 1 saturated heterocycles. The molecule has 1 saturated carbocycles. The first-order valence-electron chi connectivity index (χ1n) is 14.3. The minimum Gasteiger partial charge on any atom is -0.493 e. The normalized spacial score (nSPS) is 22.3. The van der Waals surface area contributed by atoms with Crippen molar-refractivity contribution in [2.24, 2.45) is 11.8 Å². The molecule has 1 heterocycles. The predicted octanol–water partition coefficient (Wildman–Crippen LogP) is 5.40. The third-order valence-electron chi connectivity index (χ3n) is 8.74. The van der Waals surface area contributed by atoms with Crippen LogP contribution in [0.5, 0.6) is 11.5 Å². The number of carbonyl (C=O) groups is 3. The molecule has 3 unspecified atom stereocenters. The van der Waals surface area contributed by atoms with Crippen molar-refractivity contribution in [2.75, 3.05) is 26.8 Å². The van der Waals surface area contributed by atoms with Crippen molar-refractivity contribution in [3.63, 3.8) is 0 Å². The summed E-state index contributed by atoms with van der Waals surface area (Å²) in [6.45, 7) is 1.49. The maximum Gasteiger partial charge on any atom is 0.306 e. The summed E-state index contributed by atoms with van der Waals surface area (Å²) < 4.78 is 25.7. The molecule has 2 aromatic rings. The van der Waals surface area contributed by atoms with E-state index in [0.29, 0.717) is 37.4 Å². The number of fused-ring (bicyclic) bond motifs is 1. The highest BCUT2D eigenvalue weighted by Gasteiger charge is 2.36. The fourth-order valence-corrected chi connectivity index (χ4v) is 6.89. The highest BCUT2D eigenvalue weighted by atomic mass is 35.5. The molecule has 2 fully saturated rings. The summed E-state index contributed by atoms with van der Waals surface area (Å²) in [5, 5.41) is 10.1. The molecule has 220 valence electrons. The number of amides is 2. The Hall–Kier alpha value is -3.17. The largest absolute Gasteiger partial charge is 0.493 e. The van der Waals surface area contributed by atoms with Crippen molar-refractivity contribution in [1.82, 2.24) is 9.80 Å². The lowest BCUT2D eigenvalue weighted by Crippen LogP contribution is -2.38. The van der Waals surface area contributed by atoms with Crippen molar-refractivity contribution in [2.45, 2.75) is 64.0 Å². The van der Waals surface area contributed by atoms with E-state index in [9.17, 15) is 23.9 Å². The smallest absolute Gasteiger partial charge is 0.306 e. The van der Waals surface area contributed by atoms with Gasteiger partial charge >= 0.3 is 5.97 Å². The molecule has 2 aromatic carbocycles. The fraction of sp³-hybridized carbons (Fsp3) is 0.516. The topological polar surface area (TPSA) is 96.4 Å². The maximum atomic E-state index is 14.2. The average Bonchev–Trinajstić information content (AvgIpc) is 3.54. The molecule has 5 rings (SSSR count). The van der Waals surface area contributed by atoms with Gasteiger partial charge in [-0.05, 0) is 66.5 Å². The Morgan fingerprint density at radius 3 is 2.56 bits per heavy atom. The summed E-state index contributed by atoms with van der Waals surface area (Å²) in [7, 11) is 1.56. The zero-order chi connectivity index (χ0) is 29.1. The zero-order valence-corrected chi connectivity index (χ0v) is 24.0. The molecule has 3 aliphatic rings. The molecule has 3 atom stereocenters. The van der Waals surface area contributed by atoms with E-state index in [0.717, 1.165) is 42.4 Å². The van der Waals surface area contributed by atoms with Gasteiger partial charge in [0.1, 0.15) is 12.4 Å². The Balaban J connectivity index is 1.35. The van der Waals surface area contributed by atoms with Gasteiger partial charge in [0.2, 0.25) is 11.8 Å². The molecule has 2 aliphatic carbocycles. The van der Waals surface area contributed by atoms with Gasteiger partial charge in [0.05, 0.1) is 24.6 Å². The first kappa shape index (κ1) is 29.3. The van der Waals surface area contributed by atoms with Gasteiger partial charge in [0.15, 0.2) is 11.5 Å². The molecule has 0 radical (unpaired) electrons. The Labute approximate surface area is 244 Å². The average molecular weight is 587 g/mol. The van der Waals surface area contributed by atoms with Crippen LogP contribution in [0.1, 0.15) is 67.7 Å². The molecule has 0 bridgehead atoms. The second-order valence-electron chi connectivity index (χ2n) is 11.2. The van der Waals surface area contributed by atoms with Crippen LogP contribution in [0.15, 0.2) is 30.3 Å². The Morgan fingerprint density at radius 2 is 1.83 bits per heavy atom. The molecule has 1 N–H and O–H groups in total. The standard InChI is InChI=1S/C31H36ClFN2O6/c1-40-27-16-19(6-11-26(27)41-15-14-35-28(36)12-13-29(35)37)17-34(18-20-4-2-3-5-21(20)31(38)39)25-10-8-23-22(25)7-9-24(33)30(23)32/h6-7,9,11,16,20-21,25H,2-5,8,10,12-15,17-18H2,1H3,(H,38,39). The van der Waals surface area contributed by atoms with Gasteiger partial charge in [0.25, 0.3) is 0 Å². The van der Waals surface area contributed by atoms with E-state index in [1.54, 1.807) is 7.11 Å². The number of methoxy groups -OCH3 is 1. The van der Waals surface area contributed by atoms with Crippen molar-refractivity contribution >= 4 is 29.4 Å². The predicted molar refractivity (Wildman–Crippen MR) is 150 cm³/mol. The summed E-state index contributed by atoms with van der Waals surface area (Å²) in [6.07, 6.45) is 5.40. The summed E-state index contributed by atoms with van der Waals surface area (Å²) in [5.41, 5.74) is 2.79. The van der Waals surface area contributed by atoms with E-state index in [1.807, 2.05) is 24.3 Å². The summed E-state index contributed by atoms with van der Waals surface area (Å²) >= 11 is 6.34. The molecule has 10 heteroatoms. The van der Waals surface area contributed by atoms with Gasteiger partial charge < -0.3 is 14.6 Å². The van der Waals surface area contributed by atoms with Gasteiger partial charge in [-0.25, -0.2) is 4.39 Å². The SMILES string of the molecule is COc1cc(CN(CC2CCCCC2C(=O)O)C2CCc3c2ccc(F)c3Cl)ccc1OCCN1C(=O)CCC1=O. The monoisotopic (exact) mass is 586 g/mol. The Bertz CT molecular complexity index is 1300. The number of carboxylic acid groups (broad SMARTS) is 1. The summed E-state index contributed by atoms with van der Waals surface area (Å²) in [4.78, 5) is 39.4. The van der Waals surface area contributed by atoms with Crippen LogP contribution in [0.25, 0.3) is 0 Å². The minimum atomic E-state index is -0.743. The number of halogens is 2. The van der Waals surface area contributed by atoms with E-state index in [2.05, 4.69) is 4.90 Å². The van der Waals surface area contributed by atoms with Crippen LogP contribution in [-0.2, 0) is 27.3 Å². The number of aliphatic carboxylic acids is 1. The van der Waals surface area contributed by atoms with Crippen molar-refractivity contribution < 1.29 is 33.4 Å². The third kappa shape index (κ3) is 6.36. The van der Waals surface area contributed by atoms with E-state index in [4.69, 9.17) is 21.1 Å². The molecule has 2 amide bonds. The number of ether oxygens (including phenoxy) is 2. The minimum absolute atomic E-state index is 0.0155. The molecule has 1 aliphatic heterocycles. The number of benzene rings is 2. The van der Waals surface area contributed by atoms with Gasteiger partial charge in [0, 0.05) is 32.0 Å². The fourth-order valence-electron chi connectivity index (χ4n) is 6.63. The van der Waals surface area contributed by atoms with Gasteiger partial charge in [-0.2, -0.15) is 0 Å².